The molecule has 74 valence electrons. The van der Waals surface area contributed by atoms with Crippen molar-refractivity contribution in [2.45, 2.75) is 32.1 Å². The van der Waals surface area contributed by atoms with E-state index in [-0.39, 0.29) is 5.97 Å². The number of rotatable bonds is 2. The van der Waals surface area contributed by atoms with Gasteiger partial charge in [-0.25, -0.2) is 4.79 Å². The Morgan fingerprint density at radius 2 is 2.00 bits per heavy atom. The summed E-state index contributed by atoms with van der Waals surface area (Å²) in [6.45, 7) is 0. The van der Waals surface area contributed by atoms with Crippen LogP contribution >= 0.6 is 11.6 Å². The summed E-state index contributed by atoms with van der Waals surface area (Å²) in [6, 6.07) is 0. The van der Waals surface area contributed by atoms with Gasteiger partial charge in [-0.05, 0) is 18.8 Å². The summed E-state index contributed by atoms with van der Waals surface area (Å²) in [7, 11) is 1.39. The van der Waals surface area contributed by atoms with Crippen LogP contribution in [0.2, 0.25) is 0 Å². The predicted molar refractivity (Wildman–Crippen MR) is 52.5 cm³/mol. The Balaban J connectivity index is 2.60. The lowest BCUT2D eigenvalue weighted by Crippen LogP contribution is -2.16. The van der Waals surface area contributed by atoms with Gasteiger partial charge in [0.05, 0.1) is 12.7 Å². The van der Waals surface area contributed by atoms with Gasteiger partial charge in [-0.3, -0.25) is 0 Å². The maximum absolute atomic E-state index is 11.3. The van der Waals surface area contributed by atoms with Crippen LogP contribution in [0.15, 0.2) is 11.1 Å². The molecule has 0 saturated heterocycles. The summed E-state index contributed by atoms with van der Waals surface area (Å²) >= 11 is 5.61. The fourth-order valence-electron chi connectivity index (χ4n) is 1.83. The minimum absolute atomic E-state index is 0.276. The molecule has 1 fully saturated rings. The third-order valence-corrected chi connectivity index (χ3v) is 2.82. The highest BCUT2D eigenvalue weighted by molar-refractivity contribution is 6.27. The SMILES string of the molecule is COC(=O)C(=CCl)C1CCCCC1. The van der Waals surface area contributed by atoms with Crippen molar-refractivity contribution in [3.05, 3.63) is 11.1 Å². The first-order chi connectivity index (χ1) is 6.29. The monoisotopic (exact) mass is 202 g/mol. The Bertz CT molecular complexity index is 205. The van der Waals surface area contributed by atoms with Gasteiger partial charge in [-0.2, -0.15) is 0 Å². The molecule has 1 aliphatic rings. The quantitative estimate of drug-likeness (QED) is 0.509. The molecule has 0 bridgehead atoms. The van der Waals surface area contributed by atoms with Crippen LogP contribution in [0, 0.1) is 5.92 Å². The van der Waals surface area contributed by atoms with Crippen LogP contribution in [0.3, 0.4) is 0 Å². The van der Waals surface area contributed by atoms with Crippen LogP contribution in [0.4, 0.5) is 0 Å². The highest BCUT2D eigenvalue weighted by Crippen LogP contribution is 2.30. The van der Waals surface area contributed by atoms with E-state index in [1.807, 2.05) is 0 Å². The molecule has 0 aromatic heterocycles. The number of esters is 1. The zero-order chi connectivity index (χ0) is 9.68. The van der Waals surface area contributed by atoms with Crippen LogP contribution in [0.1, 0.15) is 32.1 Å². The number of carbonyl (C=O) groups excluding carboxylic acids is 1. The molecule has 2 nitrogen and oxygen atoms in total. The minimum Gasteiger partial charge on any atom is -0.466 e. The van der Waals surface area contributed by atoms with E-state index in [0.29, 0.717) is 11.5 Å². The van der Waals surface area contributed by atoms with Crippen molar-refractivity contribution in [1.82, 2.24) is 0 Å². The number of halogens is 1. The van der Waals surface area contributed by atoms with Gasteiger partial charge in [0, 0.05) is 5.54 Å². The second-order valence-electron chi connectivity index (χ2n) is 3.39. The Labute approximate surface area is 83.9 Å². The molecule has 0 aromatic rings. The molecule has 0 atom stereocenters. The van der Waals surface area contributed by atoms with Crippen LogP contribution in [0.25, 0.3) is 0 Å². The lowest BCUT2D eigenvalue weighted by atomic mass is 9.84. The molecule has 0 unspecified atom stereocenters. The molecular weight excluding hydrogens is 188 g/mol. The van der Waals surface area contributed by atoms with Crippen molar-refractivity contribution in [2.24, 2.45) is 5.92 Å². The molecule has 1 rings (SSSR count). The largest absolute Gasteiger partial charge is 0.466 e. The van der Waals surface area contributed by atoms with Crippen molar-refractivity contribution >= 4 is 17.6 Å². The lowest BCUT2D eigenvalue weighted by Gasteiger charge is -2.22. The van der Waals surface area contributed by atoms with E-state index in [0.717, 1.165) is 12.8 Å². The van der Waals surface area contributed by atoms with E-state index >= 15 is 0 Å². The molecule has 0 amide bonds. The fraction of sp³-hybridized carbons (Fsp3) is 0.700. The van der Waals surface area contributed by atoms with Gasteiger partial charge in [0.15, 0.2) is 0 Å². The third-order valence-electron chi connectivity index (χ3n) is 2.58. The first-order valence-electron chi connectivity index (χ1n) is 4.68. The highest BCUT2D eigenvalue weighted by Gasteiger charge is 2.23. The topological polar surface area (TPSA) is 26.3 Å². The second-order valence-corrected chi connectivity index (χ2v) is 3.61. The first-order valence-corrected chi connectivity index (χ1v) is 5.11. The average molecular weight is 203 g/mol. The Morgan fingerprint density at radius 1 is 1.38 bits per heavy atom. The standard InChI is InChI=1S/C10H15ClO2/c1-13-10(12)9(7-11)8-5-3-2-4-6-8/h7-8H,2-6H2,1H3. The van der Waals surface area contributed by atoms with Crippen LogP contribution in [0.5, 0.6) is 0 Å². The molecule has 0 aliphatic heterocycles. The molecule has 0 heterocycles. The minimum atomic E-state index is -0.276. The van der Waals surface area contributed by atoms with Crippen LogP contribution in [-0.4, -0.2) is 13.1 Å². The van der Waals surface area contributed by atoms with Gasteiger partial charge in [0.25, 0.3) is 0 Å². The van der Waals surface area contributed by atoms with Gasteiger partial charge in [0.1, 0.15) is 0 Å². The van der Waals surface area contributed by atoms with Gasteiger partial charge < -0.3 is 4.74 Å². The highest BCUT2D eigenvalue weighted by atomic mass is 35.5. The zero-order valence-electron chi connectivity index (χ0n) is 7.88. The Hall–Kier alpha value is -0.500. The Kier molecular flexibility index (Phi) is 4.29. The molecule has 0 N–H and O–H groups in total. The van der Waals surface area contributed by atoms with Gasteiger partial charge in [0.2, 0.25) is 0 Å². The summed E-state index contributed by atoms with van der Waals surface area (Å²) in [4.78, 5) is 11.3. The molecule has 1 aliphatic carbocycles. The third kappa shape index (κ3) is 2.73. The van der Waals surface area contributed by atoms with Gasteiger partial charge in [-0.1, -0.05) is 30.9 Å². The predicted octanol–water partition coefficient (Wildman–Crippen LogP) is 2.86. The zero-order valence-corrected chi connectivity index (χ0v) is 8.64. The number of methoxy groups -OCH3 is 1. The van der Waals surface area contributed by atoms with Crippen molar-refractivity contribution in [1.29, 1.82) is 0 Å². The summed E-state index contributed by atoms with van der Waals surface area (Å²) in [6.07, 6.45) is 5.78. The van der Waals surface area contributed by atoms with Gasteiger partial charge in [-0.15, -0.1) is 0 Å². The van der Waals surface area contributed by atoms with E-state index in [2.05, 4.69) is 4.74 Å². The summed E-state index contributed by atoms with van der Waals surface area (Å²) in [5.41, 5.74) is 2.02. The average Bonchev–Trinajstić information content (AvgIpc) is 2.20. The second kappa shape index (κ2) is 5.28. The summed E-state index contributed by atoms with van der Waals surface area (Å²) in [5.74, 6) is 0.0422. The fourth-order valence-corrected chi connectivity index (χ4v) is 2.10. The summed E-state index contributed by atoms with van der Waals surface area (Å²) < 4.78 is 4.66. The van der Waals surface area contributed by atoms with Crippen LogP contribution in [-0.2, 0) is 9.53 Å². The normalized spacial score (nSPS) is 20.0. The number of hydrogen-bond acceptors (Lipinski definition) is 2. The van der Waals surface area contributed by atoms with Crippen molar-refractivity contribution in [3.8, 4) is 0 Å². The molecule has 3 heteroatoms. The number of hydrogen-bond donors (Lipinski definition) is 0. The molecule has 0 aromatic carbocycles. The summed E-state index contributed by atoms with van der Waals surface area (Å²) in [5, 5.41) is 0. The van der Waals surface area contributed by atoms with E-state index < -0.39 is 0 Å². The molecule has 0 radical (unpaired) electrons. The van der Waals surface area contributed by atoms with Crippen LogP contribution < -0.4 is 0 Å². The molecular formula is C10H15ClO2. The van der Waals surface area contributed by atoms with E-state index in [1.54, 1.807) is 0 Å². The maximum atomic E-state index is 11.3. The first kappa shape index (κ1) is 10.6. The molecule has 1 saturated carbocycles. The smallest absolute Gasteiger partial charge is 0.334 e. The lowest BCUT2D eigenvalue weighted by molar-refractivity contribution is -0.136. The van der Waals surface area contributed by atoms with Gasteiger partial charge >= 0.3 is 5.97 Å². The number of carbonyl (C=O) groups is 1. The van der Waals surface area contributed by atoms with Crippen molar-refractivity contribution in [3.63, 3.8) is 0 Å². The van der Waals surface area contributed by atoms with E-state index in [4.69, 9.17) is 11.6 Å². The van der Waals surface area contributed by atoms with E-state index in [1.165, 1.54) is 31.9 Å². The van der Waals surface area contributed by atoms with Crippen molar-refractivity contribution in [2.75, 3.05) is 7.11 Å². The Morgan fingerprint density at radius 3 is 2.46 bits per heavy atom. The maximum Gasteiger partial charge on any atom is 0.334 e. The molecule has 0 spiro atoms. The molecule has 13 heavy (non-hydrogen) atoms. The van der Waals surface area contributed by atoms with Crippen molar-refractivity contribution < 1.29 is 9.53 Å². The number of ether oxygens (including phenoxy) is 1. The van der Waals surface area contributed by atoms with E-state index in [9.17, 15) is 4.79 Å².